The Bertz CT molecular complexity index is 1310. The van der Waals surface area contributed by atoms with Crippen LogP contribution in [0.25, 0.3) is 16.6 Å². The number of Topliss-reactive ketones (excluding diaryl/α,β-unsaturated/α-hetero) is 1. The van der Waals surface area contributed by atoms with Crippen molar-refractivity contribution in [3.05, 3.63) is 66.2 Å². The van der Waals surface area contributed by atoms with Crippen LogP contribution in [-0.4, -0.2) is 62.1 Å². The first-order valence-electron chi connectivity index (χ1n) is 12.8. The molecule has 2 aromatic heterocycles. The molecule has 1 atom stereocenters. The van der Waals surface area contributed by atoms with Gasteiger partial charge in [-0.05, 0) is 31.8 Å². The van der Waals surface area contributed by atoms with Gasteiger partial charge in [-0.25, -0.2) is 19.0 Å². The number of ketones is 1. The normalized spacial score (nSPS) is 18.0. The quantitative estimate of drug-likeness (QED) is 0.289. The van der Waals surface area contributed by atoms with Gasteiger partial charge in [0.1, 0.15) is 12.0 Å². The number of fused-ring (bicyclic) bond motifs is 1. The molecular weight excluding hydrogens is 471 g/mol. The van der Waals surface area contributed by atoms with Crippen LogP contribution in [-0.2, 0) is 16.1 Å². The number of hydrogen-bond donors (Lipinski definition) is 1. The number of likely N-dealkylation sites (tertiary alicyclic amines) is 1. The number of aromatic nitrogens is 4. The molecule has 1 saturated heterocycles. The molecule has 1 aliphatic heterocycles. The SMILES string of the molecule is C=C(C=CC(=CC)C(=O)C(=O)N1CCCC1)c1nc(NCC2=CCC(F)C=C2)c2cnn(CCC)c2n1. The van der Waals surface area contributed by atoms with Gasteiger partial charge in [-0.2, -0.15) is 5.10 Å². The lowest BCUT2D eigenvalue weighted by Gasteiger charge is -2.14. The number of nitrogens with zero attached hydrogens (tertiary/aromatic N) is 5. The molecule has 2 aromatic rings. The van der Waals surface area contributed by atoms with Gasteiger partial charge in [0.25, 0.3) is 5.91 Å². The maximum absolute atomic E-state index is 13.4. The highest BCUT2D eigenvalue weighted by Gasteiger charge is 2.25. The molecule has 0 aromatic carbocycles. The standard InChI is InChI=1S/C28H33FN6O2/c1-4-14-35-27-23(18-31-35)26(30-17-20-9-12-22(29)13-10-20)32-25(33-27)19(3)8-11-21(5-2)24(36)28(37)34-15-6-7-16-34/h5,8-12,18,22H,3-4,6-7,13-17H2,1-2H3,(H,30,32,33). The maximum Gasteiger partial charge on any atom is 0.294 e. The van der Waals surface area contributed by atoms with Crippen molar-refractivity contribution in [1.82, 2.24) is 24.6 Å². The van der Waals surface area contributed by atoms with E-state index in [4.69, 9.17) is 4.98 Å². The highest BCUT2D eigenvalue weighted by Crippen LogP contribution is 2.24. The van der Waals surface area contributed by atoms with E-state index in [1.54, 1.807) is 48.4 Å². The van der Waals surface area contributed by atoms with E-state index in [-0.39, 0.29) is 0 Å². The predicted molar refractivity (Wildman–Crippen MR) is 144 cm³/mol. The van der Waals surface area contributed by atoms with Crippen LogP contribution >= 0.6 is 0 Å². The summed E-state index contributed by atoms with van der Waals surface area (Å²) in [4.78, 5) is 36.3. The van der Waals surface area contributed by atoms with Gasteiger partial charge >= 0.3 is 0 Å². The minimum absolute atomic E-state index is 0.302. The molecule has 1 aliphatic carbocycles. The zero-order valence-corrected chi connectivity index (χ0v) is 21.4. The largest absolute Gasteiger partial charge is 0.365 e. The van der Waals surface area contributed by atoms with Crippen LogP contribution in [0.2, 0.25) is 0 Å². The zero-order chi connectivity index (χ0) is 26.4. The van der Waals surface area contributed by atoms with Crippen molar-refractivity contribution in [2.75, 3.05) is 25.0 Å². The van der Waals surface area contributed by atoms with Gasteiger partial charge < -0.3 is 10.2 Å². The van der Waals surface area contributed by atoms with Gasteiger partial charge in [-0.3, -0.25) is 9.59 Å². The molecule has 8 nitrogen and oxygen atoms in total. The average Bonchev–Trinajstić information content (AvgIpc) is 3.59. The fraction of sp³-hybridized carbons (Fsp3) is 0.393. The second-order valence-corrected chi connectivity index (χ2v) is 9.18. The van der Waals surface area contributed by atoms with E-state index in [9.17, 15) is 14.0 Å². The van der Waals surface area contributed by atoms with Crippen LogP contribution < -0.4 is 5.32 Å². The van der Waals surface area contributed by atoms with Crippen molar-refractivity contribution in [2.24, 2.45) is 0 Å². The number of carbonyl (C=O) groups excluding carboxylic acids is 2. The number of allylic oxidation sites excluding steroid dienone is 6. The summed E-state index contributed by atoms with van der Waals surface area (Å²) >= 11 is 0. The molecule has 0 spiro atoms. The summed E-state index contributed by atoms with van der Waals surface area (Å²) in [5.41, 5.74) is 2.44. The third-order valence-corrected chi connectivity index (χ3v) is 6.43. The minimum atomic E-state index is -0.942. The zero-order valence-electron chi connectivity index (χ0n) is 21.4. The highest BCUT2D eigenvalue weighted by molar-refractivity contribution is 6.43. The molecule has 4 rings (SSSR count). The monoisotopic (exact) mass is 504 g/mol. The van der Waals surface area contributed by atoms with Crippen molar-refractivity contribution < 1.29 is 14.0 Å². The Hall–Kier alpha value is -3.88. The molecule has 0 saturated carbocycles. The van der Waals surface area contributed by atoms with Crippen LogP contribution in [0, 0.1) is 0 Å². The predicted octanol–water partition coefficient (Wildman–Crippen LogP) is 4.58. The van der Waals surface area contributed by atoms with Gasteiger partial charge in [0.05, 0.1) is 11.6 Å². The number of alkyl halides is 1. The van der Waals surface area contributed by atoms with Gasteiger partial charge in [-0.1, -0.05) is 50.0 Å². The van der Waals surface area contributed by atoms with Crippen LogP contribution in [0.4, 0.5) is 10.2 Å². The van der Waals surface area contributed by atoms with Crippen LogP contribution in [0.1, 0.15) is 45.4 Å². The van der Waals surface area contributed by atoms with Crippen molar-refractivity contribution >= 4 is 34.1 Å². The van der Waals surface area contributed by atoms with Gasteiger partial charge in [0.15, 0.2) is 11.5 Å². The lowest BCUT2D eigenvalue weighted by molar-refractivity contribution is -0.141. The first kappa shape index (κ1) is 26.2. The van der Waals surface area contributed by atoms with E-state index >= 15 is 0 Å². The number of amides is 1. The average molecular weight is 505 g/mol. The Morgan fingerprint density at radius 3 is 2.70 bits per heavy atom. The van der Waals surface area contributed by atoms with Gasteiger partial charge in [0.2, 0.25) is 5.78 Å². The Kier molecular flexibility index (Phi) is 8.43. The van der Waals surface area contributed by atoms with Crippen molar-refractivity contribution in [3.63, 3.8) is 0 Å². The van der Waals surface area contributed by atoms with Crippen LogP contribution in [0.5, 0.6) is 0 Å². The number of aryl methyl sites for hydroxylation is 1. The summed E-state index contributed by atoms with van der Waals surface area (Å²) in [5, 5.41) is 8.58. The number of rotatable bonds is 10. The first-order valence-corrected chi connectivity index (χ1v) is 12.8. The molecule has 1 fully saturated rings. The maximum atomic E-state index is 13.4. The third kappa shape index (κ3) is 6.10. The lowest BCUT2D eigenvalue weighted by Crippen LogP contribution is -2.34. The van der Waals surface area contributed by atoms with E-state index in [0.29, 0.717) is 61.0 Å². The van der Waals surface area contributed by atoms with Crippen molar-refractivity contribution in [2.45, 2.75) is 52.2 Å². The first-order chi connectivity index (χ1) is 17.9. The van der Waals surface area contributed by atoms with E-state index in [2.05, 4.69) is 28.9 Å². The summed E-state index contributed by atoms with van der Waals surface area (Å²) < 4.78 is 15.3. The number of hydrogen-bond acceptors (Lipinski definition) is 6. The lowest BCUT2D eigenvalue weighted by atomic mass is 10.1. The molecule has 37 heavy (non-hydrogen) atoms. The molecule has 1 N–H and O–H groups in total. The fourth-order valence-corrected chi connectivity index (χ4v) is 4.32. The molecule has 0 bridgehead atoms. The van der Waals surface area contributed by atoms with E-state index in [0.717, 1.165) is 30.2 Å². The molecule has 194 valence electrons. The summed E-state index contributed by atoms with van der Waals surface area (Å²) in [5.74, 6) is -0.0221. The van der Waals surface area contributed by atoms with Crippen LogP contribution in [0.15, 0.2) is 60.4 Å². The van der Waals surface area contributed by atoms with E-state index in [1.807, 2.05) is 10.8 Å². The Morgan fingerprint density at radius 1 is 1.24 bits per heavy atom. The Balaban J connectivity index is 1.57. The molecule has 1 amide bonds. The topological polar surface area (TPSA) is 93.0 Å². The minimum Gasteiger partial charge on any atom is -0.365 e. The summed E-state index contributed by atoms with van der Waals surface area (Å²) in [7, 11) is 0. The van der Waals surface area contributed by atoms with Gasteiger partial charge in [0, 0.05) is 43.7 Å². The van der Waals surface area contributed by atoms with Crippen molar-refractivity contribution in [1.29, 1.82) is 0 Å². The molecule has 1 unspecified atom stereocenters. The van der Waals surface area contributed by atoms with Gasteiger partial charge in [-0.15, -0.1) is 0 Å². The summed E-state index contributed by atoms with van der Waals surface area (Å²) in [6, 6.07) is 0. The van der Waals surface area contributed by atoms with Crippen LogP contribution in [0.3, 0.4) is 0 Å². The molecule has 9 heteroatoms. The molecule has 0 radical (unpaired) electrons. The van der Waals surface area contributed by atoms with E-state index in [1.165, 1.54) is 0 Å². The second-order valence-electron chi connectivity index (χ2n) is 9.18. The fourth-order valence-electron chi connectivity index (χ4n) is 4.32. The second kappa shape index (κ2) is 11.9. The summed E-state index contributed by atoms with van der Waals surface area (Å²) in [6.45, 7) is 10.3. The highest BCUT2D eigenvalue weighted by atomic mass is 19.1. The number of anilines is 1. The third-order valence-electron chi connectivity index (χ3n) is 6.43. The number of nitrogens with one attached hydrogen (secondary N) is 1. The molecular formula is C28H33FN6O2. The number of carbonyl (C=O) groups is 2. The summed E-state index contributed by atoms with van der Waals surface area (Å²) in [6.07, 6.45) is 14.0. The Morgan fingerprint density at radius 2 is 2.03 bits per heavy atom. The molecule has 2 aliphatic rings. The Labute approximate surface area is 216 Å². The smallest absolute Gasteiger partial charge is 0.294 e. The number of halogens is 1. The van der Waals surface area contributed by atoms with E-state index < -0.39 is 17.9 Å². The van der Waals surface area contributed by atoms with Crippen molar-refractivity contribution in [3.8, 4) is 0 Å². The molecule has 3 heterocycles.